The number of phosphoric acid groups is 1. The molecule has 2 aliphatic heterocycles. The van der Waals surface area contributed by atoms with Crippen LogP contribution < -0.4 is 0 Å². The summed E-state index contributed by atoms with van der Waals surface area (Å²) in [5, 5.41) is 117. The van der Waals surface area contributed by atoms with E-state index < -0.39 is 150 Å². The molecule has 8 unspecified atom stereocenters. The second-order valence-electron chi connectivity index (χ2n) is 22.5. The van der Waals surface area contributed by atoms with Gasteiger partial charge in [0.1, 0.15) is 92.1 Å². The van der Waals surface area contributed by atoms with E-state index in [1.54, 1.807) is 0 Å². The Kier molecular flexibility index (Phi) is 37.0. The van der Waals surface area contributed by atoms with E-state index in [-0.39, 0.29) is 12.8 Å². The minimum Gasteiger partial charge on any atom is -0.462 e. The van der Waals surface area contributed by atoms with Crippen molar-refractivity contribution in [2.45, 2.75) is 311 Å². The number of unbranched alkanes of at least 4 members (excludes halogenated alkanes) is 22. The van der Waals surface area contributed by atoms with Crippen molar-refractivity contribution < 1.29 is 113 Å². The second kappa shape index (κ2) is 40.7. The van der Waals surface area contributed by atoms with Gasteiger partial charge in [-0.2, -0.15) is 0 Å². The molecule has 24 heteroatoms. The predicted octanol–water partition coefficient (Wildman–Crippen LogP) is 4.40. The Hall–Kier alpha value is -1.55. The molecule has 0 amide bonds. The summed E-state index contributed by atoms with van der Waals surface area (Å²) in [6, 6.07) is 0. The fraction of sp³-hybridized carbons (Fsp3) is 0.964. The Morgan fingerprint density at radius 2 is 0.825 bits per heavy atom. The highest BCUT2D eigenvalue weighted by Gasteiger charge is 2.58. The summed E-state index contributed by atoms with van der Waals surface area (Å²) >= 11 is 0. The van der Waals surface area contributed by atoms with Crippen molar-refractivity contribution in [2.75, 3.05) is 26.4 Å². The van der Waals surface area contributed by atoms with E-state index in [4.69, 9.17) is 37.5 Å². The van der Waals surface area contributed by atoms with Crippen molar-refractivity contribution in [3.63, 3.8) is 0 Å². The van der Waals surface area contributed by atoms with Gasteiger partial charge in [0.25, 0.3) is 0 Å². The molecule has 3 aliphatic rings. The van der Waals surface area contributed by atoms with Crippen LogP contribution in [0.15, 0.2) is 0 Å². The van der Waals surface area contributed by atoms with Gasteiger partial charge in [-0.3, -0.25) is 18.6 Å². The molecule has 0 spiro atoms. The summed E-state index contributed by atoms with van der Waals surface area (Å²) in [7, 11) is -5.63. The number of aliphatic hydroxyl groups is 11. The minimum absolute atomic E-state index is 0.0261. The largest absolute Gasteiger partial charge is 0.472 e. The topological polar surface area (TPSA) is 368 Å². The fourth-order valence-electron chi connectivity index (χ4n) is 10.4. The summed E-state index contributed by atoms with van der Waals surface area (Å²) in [6.45, 7) is 3.34. The standard InChI is InChI=1S/C56H105O23P/c1-4-6-8-10-12-13-14-15-16-17-18-24-28-32-42(60)74-38(35-72-41(59)31-27-23-20-19-22-26-30-37(3)29-25-21-11-9-7-5-2)36-73-80(70,71)79-54-52(77-55-50(68)45(63)43(61)39(33-57)75-55)48(66)47(65)49(67)53(54)78-56-51(69)46(64)44(62)40(34-58)76-56/h37-40,43-58,61-69H,4-36H2,1-3H3,(H,70,71)/t37?,38-,39-,40-,43-,44-,45+,46+,47?,48?,49?,50+,51+,52?,53?,54?,55?,56?/m1/s1. The monoisotopic (exact) mass is 1180 g/mol. The van der Waals surface area contributed by atoms with Gasteiger partial charge in [0.15, 0.2) is 18.7 Å². The van der Waals surface area contributed by atoms with Crippen molar-refractivity contribution in [1.29, 1.82) is 0 Å². The van der Waals surface area contributed by atoms with E-state index in [1.807, 2.05) is 0 Å². The van der Waals surface area contributed by atoms with Crippen LogP contribution in [0, 0.1) is 5.92 Å². The average molecular weight is 1180 g/mol. The maximum atomic E-state index is 14.0. The first-order valence-corrected chi connectivity index (χ1v) is 31.8. The van der Waals surface area contributed by atoms with Crippen LogP contribution in [-0.4, -0.2) is 204 Å². The zero-order valence-electron chi connectivity index (χ0n) is 48.0. The third-order valence-corrected chi connectivity index (χ3v) is 16.6. The number of esters is 2. The molecule has 0 radical (unpaired) electrons. The molecule has 2 heterocycles. The van der Waals surface area contributed by atoms with Crippen molar-refractivity contribution in [3.05, 3.63) is 0 Å². The quantitative estimate of drug-likeness (QED) is 0.0228. The lowest BCUT2D eigenvalue weighted by Crippen LogP contribution is -2.69. The third kappa shape index (κ3) is 26.4. The van der Waals surface area contributed by atoms with Crippen LogP contribution in [0.2, 0.25) is 0 Å². The van der Waals surface area contributed by atoms with E-state index >= 15 is 0 Å². The maximum Gasteiger partial charge on any atom is 0.472 e. The number of ether oxygens (including phenoxy) is 6. The Bertz CT molecular complexity index is 1610. The number of carbonyl (C=O) groups is 2. The van der Waals surface area contributed by atoms with Gasteiger partial charge in [0.05, 0.1) is 19.8 Å². The first-order valence-electron chi connectivity index (χ1n) is 30.3. The molecular weight excluding hydrogens is 1070 g/mol. The van der Waals surface area contributed by atoms with Crippen LogP contribution in [0.3, 0.4) is 0 Å². The Labute approximate surface area is 474 Å². The summed E-state index contributed by atoms with van der Waals surface area (Å²) in [6.07, 6.45) is -4.84. The zero-order chi connectivity index (χ0) is 59.0. The SMILES string of the molecule is CCCCCCCCCCCCCCCC(=O)O[C@H](COC(=O)CCCCCCCCC(C)CCCCCCCC)COP(=O)(O)OC1C(OC2O[C@H](CO)[C@@H](O)[C@H](O)[C@@H]2O)C(O)C(O)C(O)C1OC1O[C@H](CO)[C@@H](O)[C@H](O)[C@@H]1O. The molecule has 12 N–H and O–H groups in total. The van der Waals surface area contributed by atoms with Crippen molar-refractivity contribution >= 4 is 19.8 Å². The number of hydrogen-bond acceptors (Lipinski definition) is 22. The molecular formula is C56H105O23P. The molecule has 17 atom stereocenters. The van der Waals surface area contributed by atoms with E-state index in [9.17, 15) is 75.2 Å². The van der Waals surface area contributed by atoms with Crippen molar-refractivity contribution in [2.24, 2.45) is 5.92 Å². The highest BCUT2D eigenvalue weighted by molar-refractivity contribution is 7.47. The molecule has 472 valence electrons. The van der Waals surface area contributed by atoms with E-state index in [0.717, 1.165) is 64.2 Å². The molecule has 80 heavy (non-hydrogen) atoms. The van der Waals surface area contributed by atoms with Crippen LogP contribution in [-0.2, 0) is 51.6 Å². The van der Waals surface area contributed by atoms with E-state index in [0.29, 0.717) is 18.8 Å². The molecule has 0 aromatic heterocycles. The third-order valence-electron chi connectivity index (χ3n) is 15.6. The molecule has 3 fully saturated rings. The van der Waals surface area contributed by atoms with Gasteiger partial charge >= 0.3 is 19.8 Å². The fourth-order valence-corrected chi connectivity index (χ4v) is 11.4. The van der Waals surface area contributed by atoms with Gasteiger partial charge < -0.3 is 89.5 Å². The summed E-state index contributed by atoms with van der Waals surface area (Å²) in [5.41, 5.74) is 0. The molecule has 23 nitrogen and oxygen atoms in total. The smallest absolute Gasteiger partial charge is 0.462 e. The van der Waals surface area contributed by atoms with Gasteiger partial charge in [-0.15, -0.1) is 0 Å². The van der Waals surface area contributed by atoms with Crippen molar-refractivity contribution in [1.82, 2.24) is 0 Å². The van der Waals surface area contributed by atoms with Crippen LogP contribution >= 0.6 is 7.82 Å². The second-order valence-corrected chi connectivity index (χ2v) is 23.9. The normalized spacial score (nSPS) is 31.6. The molecule has 0 bridgehead atoms. The van der Waals surface area contributed by atoms with Gasteiger partial charge in [0, 0.05) is 12.8 Å². The summed E-state index contributed by atoms with van der Waals surface area (Å²) < 4.78 is 58.2. The average Bonchev–Trinajstić information content (AvgIpc) is 3.46. The first-order chi connectivity index (χ1) is 38.3. The lowest BCUT2D eigenvalue weighted by molar-refractivity contribution is -0.360. The van der Waals surface area contributed by atoms with Gasteiger partial charge in [-0.05, 0) is 18.8 Å². The van der Waals surface area contributed by atoms with Gasteiger partial charge in [0.2, 0.25) is 0 Å². The number of hydrogen-bond donors (Lipinski definition) is 12. The van der Waals surface area contributed by atoms with Crippen LogP contribution in [0.1, 0.15) is 207 Å². The highest BCUT2D eigenvalue weighted by Crippen LogP contribution is 2.49. The molecule has 0 aromatic carbocycles. The maximum absolute atomic E-state index is 14.0. The first kappa shape index (κ1) is 72.7. The molecule has 1 aliphatic carbocycles. The Morgan fingerprint density at radius 3 is 1.23 bits per heavy atom. The number of carbonyl (C=O) groups excluding carboxylic acids is 2. The van der Waals surface area contributed by atoms with E-state index in [2.05, 4.69) is 20.8 Å². The Morgan fingerprint density at radius 1 is 0.463 bits per heavy atom. The van der Waals surface area contributed by atoms with Crippen LogP contribution in [0.5, 0.6) is 0 Å². The number of aliphatic hydroxyl groups excluding tert-OH is 11. The van der Waals surface area contributed by atoms with Crippen molar-refractivity contribution in [3.8, 4) is 0 Å². The predicted molar refractivity (Wildman–Crippen MR) is 291 cm³/mol. The molecule has 1 saturated carbocycles. The number of phosphoric ester groups is 1. The lowest BCUT2D eigenvalue weighted by atomic mass is 9.84. The van der Waals surface area contributed by atoms with Gasteiger partial charge in [-0.1, -0.05) is 181 Å². The molecule has 2 saturated heterocycles. The minimum atomic E-state index is -5.63. The summed E-state index contributed by atoms with van der Waals surface area (Å²) in [5.74, 6) is -0.619. The number of rotatable bonds is 44. The Balaban J connectivity index is 1.70. The van der Waals surface area contributed by atoms with Crippen LogP contribution in [0.25, 0.3) is 0 Å². The summed E-state index contributed by atoms with van der Waals surface area (Å²) in [4.78, 5) is 37.6. The zero-order valence-corrected chi connectivity index (χ0v) is 48.9. The highest BCUT2D eigenvalue weighted by atomic mass is 31.2. The molecule has 0 aromatic rings. The van der Waals surface area contributed by atoms with Gasteiger partial charge in [-0.25, -0.2) is 4.57 Å². The van der Waals surface area contributed by atoms with Crippen LogP contribution in [0.4, 0.5) is 0 Å². The molecule has 3 rings (SSSR count). The van der Waals surface area contributed by atoms with E-state index in [1.165, 1.54) is 96.3 Å². The lowest BCUT2D eigenvalue weighted by Gasteiger charge is -2.49.